The number of aromatic nitrogens is 2. The maximum absolute atomic E-state index is 11.1. The van der Waals surface area contributed by atoms with Crippen LogP contribution in [0.1, 0.15) is 18.9 Å². The molecular formula is C15H14N2O2. The highest BCUT2D eigenvalue weighted by Gasteiger charge is 1.97. The third-order valence-electron chi connectivity index (χ3n) is 2.41. The fourth-order valence-electron chi connectivity index (χ4n) is 1.55. The van der Waals surface area contributed by atoms with E-state index in [-0.39, 0.29) is 12.4 Å². The molecule has 0 atom stereocenters. The van der Waals surface area contributed by atoms with Crippen LogP contribution < -0.4 is 0 Å². The fourth-order valence-corrected chi connectivity index (χ4v) is 1.55. The lowest BCUT2D eigenvalue weighted by molar-refractivity contribution is -0.141. The van der Waals surface area contributed by atoms with Crippen molar-refractivity contribution in [2.24, 2.45) is 0 Å². The summed E-state index contributed by atoms with van der Waals surface area (Å²) in [5, 5.41) is 4.14. The van der Waals surface area contributed by atoms with Crippen LogP contribution in [0.25, 0.3) is 5.69 Å². The molecule has 2 aromatic rings. The molecule has 4 heteroatoms. The van der Waals surface area contributed by atoms with E-state index in [1.807, 2.05) is 36.5 Å². The first-order chi connectivity index (χ1) is 9.29. The Hall–Kier alpha value is -2.54. The number of carbonyl (C=O) groups is 1. The zero-order valence-corrected chi connectivity index (χ0v) is 10.7. The van der Waals surface area contributed by atoms with Crippen LogP contribution in [-0.2, 0) is 9.53 Å². The average Bonchev–Trinajstić information content (AvgIpc) is 2.94. The van der Waals surface area contributed by atoms with Crippen molar-refractivity contribution in [1.29, 1.82) is 0 Å². The minimum absolute atomic E-state index is 0.120. The van der Waals surface area contributed by atoms with Gasteiger partial charge in [-0.05, 0) is 37.3 Å². The van der Waals surface area contributed by atoms with Crippen molar-refractivity contribution in [3.8, 4) is 17.5 Å². The molecule has 1 aromatic heterocycles. The van der Waals surface area contributed by atoms with E-state index in [1.165, 1.54) is 0 Å². The Balaban J connectivity index is 2.00. The Kier molecular flexibility index (Phi) is 4.35. The second-order valence-electron chi connectivity index (χ2n) is 3.78. The molecule has 1 aromatic carbocycles. The van der Waals surface area contributed by atoms with E-state index in [9.17, 15) is 4.79 Å². The summed E-state index contributed by atoms with van der Waals surface area (Å²) in [7, 11) is 0. The minimum atomic E-state index is -0.289. The quantitative estimate of drug-likeness (QED) is 0.623. The number of ether oxygens (including phenoxy) is 1. The van der Waals surface area contributed by atoms with E-state index < -0.39 is 0 Å². The molecule has 96 valence electrons. The van der Waals surface area contributed by atoms with Gasteiger partial charge in [0.25, 0.3) is 0 Å². The summed E-state index contributed by atoms with van der Waals surface area (Å²) in [5.41, 5.74) is 1.83. The van der Waals surface area contributed by atoms with E-state index in [4.69, 9.17) is 4.74 Å². The Morgan fingerprint density at radius 2 is 2.16 bits per heavy atom. The molecule has 0 spiro atoms. The number of rotatable bonds is 3. The molecule has 0 radical (unpaired) electrons. The van der Waals surface area contributed by atoms with Crippen molar-refractivity contribution in [3.05, 3.63) is 48.3 Å². The zero-order valence-electron chi connectivity index (χ0n) is 10.7. The Bertz CT molecular complexity index is 589. The standard InChI is InChI=1S/C15H14N2O2/c1-2-19-15(18)6-3-5-13-7-9-14(10-8-13)17-12-4-11-16-17/h4,7-12H,2,6H2,1H3. The number of nitrogens with zero attached hydrogens (tertiary/aromatic N) is 2. The van der Waals surface area contributed by atoms with E-state index >= 15 is 0 Å². The van der Waals surface area contributed by atoms with Crippen LogP contribution in [0.2, 0.25) is 0 Å². The van der Waals surface area contributed by atoms with Gasteiger partial charge in [-0.15, -0.1) is 0 Å². The van der Waals surface area contributed by atoms with Gasteiger partial charge in [0, 0.05) is 18.0 Å². The van der Waals surface area contributed by atoms with E-state index in [0.29, 0.717) is 6.61 Å². The van der Waals surface area contributed by atoms with Gasteiger partial charge in [0.05, 0.1) is 12.3 Å². The molecule has 0 saturated carbocycles. The molecular weight excluding hydrogens is 240 g/mol. The summed E-state index contributed by atoms with van der Waals surface area (Å²) in [6.45, 7) is 2.17. The van der Waals surface area contributed by atoms with Crippen molar-refractivity contribution in [1.82, 2.24) is 9.78 Å². The van der Waals surface area contributed by atoms with Crippen LogP contribution in [0.3, 0.4) is 0 Å². The monoisotopic (exact) mass is 254 g/mol. The Morgan fingerprint density at radius 1 is 1.37 bits per heavy atom. The van der Waals surface area contributed by atoms with Gasteiger partial charge in [0.1, 0.15) is 6.42 Å². The number of hydrogen-bond donors (Lipinski definition) is 0. The minimum Gasteiger partial charge on any atom is -0.465 e. The Morgan fingerprint density at radius 3 is 2.79 bits per heavy atom. The zero-order chi connectivity index (χ0) is 13.5. The molecule has 0 N–H and O–H groups in total. The lowest BCUT2D eigenvalue weighted by Crippen LogP contribution is -2.01. The molecule has 2 rings (SSSR count). The second-order valence-corrected chi connectivity index (χ2v) is 3.78. The predicted octanol–water partition coefficient (Wildman–Crippen LogP) is 2.18. The molecule has 4 nitrogen and oxygen atoms in total. The van der Waals surface area contributed by atoms with Gasteiger partial charge in [-0.3, -0.25) is 4.79 Å². The highest BCUT2D eigenvalue weighted by Crippen LogP contribution is 2.07. The first-order valence-corrected chi connectivity index (χ1v) is 6.04. The van der Waals surface area contributed by atoms with Crippen LogP contribution in [-0.4, -0.2) is 22.4 Å². The van der Waals surface area contributed by atoms with Crippen LogP contribution in [0.5, 0.6) is 0 Å². The van der Waals surface area contributed by atoms with Crippen molar-refractivity contribution in [2.45, 2.75) is 13.3 Å². The number of hydrogen-bond acceptors (Lipinski definition) is 3. The molecule has 0 fully saturated rings. The number of benzene rings is 1. The summed E-state index contributed by atoms with van der Waals surface area (Å²) in [6, 6.07) is 9.53. The summed E-state index contributed by atoms with van der Waals surface area (Å²) in [4.78, 5) is 11.1. The van der Waals surface area contributed by atoms with Gasteiger partial charge in [-0.25, -0.2) is 4.68 Å². The first kappa shape index (κ1) is 12.9. The van der Waals surface area contributed by atoms with Gasteiger partial charge in [0.2, 0.25) is 0 Å². The van der Waals surface area contributed by atoms with Crippen LogP contribution in [0.4, 0.5) is 0 Å². The predicted molar refractivity (Wildman–Crippen MR) is 71.7 cm³/mol. The van der Waals surface area contributed by atoms with E-state index in [0.717, 1.165) is 11.3 Å². The van der Waals surface area contributed by atoms with Crippen LogP contribution in [0, 0.1) is 11.8 Å². The molecule has 0 amide bonds. The van der Waals surface area contributed by atoms with Gasteiger partial charge < -0.3 is 4.74 Å². The second kappa shape index (κ2) is 6.41. The summed E-state index contributed by atoms with van der Waals surface area (Å²) >= 11 is 0. The molecule has 0 bridgehead atoms. The SMILES string of the molecule is CCOC(=O)CC#Cc1ccc(-n2cccn2)cc1. The van der Waals surface area contributed by atoms with Crippen molar-refractivity contribution >= 4 is 5.97 Å². The van der Waals surface area contributed by atoms with Crippen molar-refractivity contribution in [2.75, 3.05) is 6.61 Å². The molecule has 1 heterocycles. The van der Waals surface area contributed by atoms with Crippen LogP contribution >= 0.6 is 0 Å². The lowest BCUT2D eigenvalue weighted by Gasteiger charge is -2.00. The third kappa shape index (κ3) is 3.71. The third-order valence-corrected chi connectivity index (χ3v) is 2.41. The summed E-state index contributed by atoms with van der Waals surface area (Å²) in [5.74, 6) is 5.43. The van der Waals surface area contributed by atoms with Gasteiger partial charge in [-0.1, -0.05) is 11.8 Å². The normalized spacial score (nSPS) is 9.53. The van der Waals surface area contributed by atoms with Crippen molar-refractivity contribution < 1.29 is 9.53 Å². The Labute approximate surface area is 112 Å². The van der Waals surface area contributed by atoms with Crippen molar-refractivity contribution in [3.63, 3.8) is 0 Å². The molecule has 0 aliphatic carbocycles. The molecule has 0 aliphatic heterocycles. The van der Waals surface area contributed by atoms with Crippen LogP contribution in [0.15, 0.2) is 42.7 Å². The largest absolute Gasteiger partial charge is 0.465 e. The van der Waals surface area contributed by atoms with Gasteiger partial charge >= 0.3 is 5.97 Å². The van der Waals surface area contributed by atoms with E-state index in [1.54, 1.807) is 17.8 Å². The maximum atomic E-state index is 11.1. The molecule has 0 unspecified atom stereocenters. The fraction of sp³-hybridized carbons (Fsp3) is 0.200. The summed E-state index contributed by atoms with van der Waals surface area (Å²) < 4.78 is 6.57. The van der Waals surface area contributed by atoms with Gasteiger partial charge in [-0.2, -0.15) is 5.10 Å². The highest BCUT2D eigenvalue weighted by molar-refractivity contribution is 5.72. The van der Waals surface area contributed by atoms with Gasteiger partial charge in [0.15, 0.2) is 0 Å². The summed E-state index contributed by atoms with van der Waals surface area (Å²) in [6.07, 6.45) is 3.73. The number of carbonyl (C=O) groups excluding carboxylic acids is 1. The maximum Gasteiger partial charge on any atom is 0.317 e. The average molecular weight is 254 g/mol. The number of esters is 1. The molecule has 0 saturated heterocycles. The topological polar surface area (TPSA) is 44.1 Å². The molecule has 19 heavy (non-hydrogen) atoms. The highest BCUT2D eigenvalue weighted by atomic mass is 16.5. The van der Waals surface area contributed by atoms with E-state index in [2.05, 4.69) is 16.9 Å². The smallest absolute Gasteiger partial charge is 0.317 e. The molecule has 0 aliphatic rings. The lowest BCUT2D eigenvalue weighted by atomic mass is 10.2. The first-order valence-electron chi connectivity index (χ1n) is 6.04.